The standard InChI is InChI=1S/C32H35Cl2N5O4S/c1-6-43-30(41)26-29(36-18(2)25(37-26)21-8-7-9-23(33)24(21)34)39-14-12-32(13-15-39)17-20-11-10-19(28(35)40)16-22(20)27(32)38-44(42)31(3,4)5/h7-11,16H,6,12-15,17H2,1-5H3,(H2,35,40). The van der Waals surface area contributed by atoms with Crippen LogP contribution in [0.1, 0.15) is 78.2 Å². The van der Waals surface area contributed by atoms with Gasteiger partial charge in [0, 0.05) is 35.2 Å². The Balaban J connectivity index is 1.52. The lowest BCUT2D eigenvalue weighted by Crippen LogP contribution is -2.45. The van der Waals surface area contributed by atoms with E-state index < -0.39 is 33.4 Å². The lowest BCUT2D eigenvalue weighted by atomic mass is 9.74. The second-order valence-electron chi connectivity index (χ2n) is 12.1. The summed E-state index contributed by atoms with van der Waals surface area (Å²) in [5.41, 5.74) is 9.90. The number of primary amides is 1. The summed E-state index contributed by atoms with van der Waals surface area (Å²) in [5, 5.41) is 0.701. The van der Waals surface area contributed by atoms with Crippen LogP contribution in [-0.2, 0) is 22.5 Å². The third-order valence-corrected chi connectivity index (χ3v) is 10.3. The zero-order valence-electron chi connectivity index (χ0n) is 25.4. The minimum absolute atomic E-state index is 0.1000. The van der Waals surface area contributed by atoms with Crippen molar-refractivity contribution >= 4 is 58.0 Å². The van der Waals surface area contributed by atoms with E-state index in [1.165, 1.54) is 0 Å². The number of fused-ring (bicyclic) bond motifs is 1. The number of rotatable bonds is 6. The minimum Gasteiger partial charge on any atom is -0.591 e. The average molecular weight is 657 g/mol. The van der Waals surface area contributed by atoms with E-state index in [-0.39, 0.29) is 12.3 Å². The van der Waals surface area contributed by atoms with Gasteiger partial charge in [0.25, 0.3) is 0 Å². The van der Waals surface area contributed by atoms with E-state index in [4.69, 9.17) is 48.0 Å². The highest BCUT2D eigenvalue weighted by molar-refractivity contribution is 7.91. The third-order valence-electron chi connectivity index (χ3n) is 8.13. The number of carbonyl (C=O) groups excluding carboxylic acids is 2. The Kier molecular flexibility index (Phi) is 9.01. The molecule has 1 aliphatic carbocycles. The van der Waals surface area contributed by atoms with E-state index in [0.29, 0.717) is 70.7 Å². The number of nitrogens with two attached hydrogens (primary N) is 1. The topological polar surface area (TPSA) is 134 Å². The highest BCUT2D eigenvalue weighted by Gasteiger charge is 2.48. The van der Waals surface area contributed by atoms with Gasteiger partial charge in [0.05, 0.1) is 28.0 Å². The molecule has 2 aromatic carbocycles. The van der Waals surface area contributed by atoms with E-state index in [0.717, 1.165) is 16.8 Å². The number of aromatic nitrogens is 2. The molecule has 0 radical (unpaired) electrons. The molecule has 2 aliphatic rings. The molecule has 1 aromatic heterocycles. The summed E-state index contributed by atoms with van der Waals surface area (Å²) in [6, 6.07) is 10.7. The molecule has 12 heteroatoms. The first-order valence-corrected chi connectivity index (χ1v) is 16.3. The molecule has 0 bridgehead atoms. The number of ether oxygens (including phenoxy) is 1. The van der Waals surface area contributed by atoms with Crippen molar-refractivity contribution in [3.05, 3.63) is 74.5 Å². The molecule has 1 saturated heterocycles. The fraction of sp³-hybridized carbons (Fsp3) is 0.406. The fourth-order valence-corrected chi connectivity index (χ4v) is 6.89. The van der Waals surface area contributed by atoms with Crippen molar-refractivity contribution in [1.29, 1.82) is 0 Å². The molecular weight excluding hydrogens is 621 g/mol. The van der Waals surface area contributed by atoms with Crippen molar-refractivity contribution in [3.8, 4) is 11.3 Å². The summed E-state index contributed by atoms with van der Waals surface area (Å²) in [5.74, 6) is -0.673. The van der Waals surface area contributed by atoms with Gasteiger partial charge in [0.2, 0.25) is 5.91 Å². The normalized spacial score (nSPS) is 17.5. The molecule has 1 fully saturated rings. The van der Waals surface area contributed by atoms with Crippen molar-refractivity contribution in [2.75, 3.05) is 24.6 Å². The third kappa shape index (κ3) is 6.05. The molecule has 1 unspecified atom stereocenters. The van der Waals surface area contributed by atoms with Gasteiger partial charge in [0.15, 0.2) is 11.5 Å². The molecular formula is C32H35Cl2N5O4S. The number of anilines is 1. The van der Waals surface area contributed by atoms with Crippen LogP contribution in [0.4, 0.5) is 5.82 Å². The molecule has 1 spiro atoms. The molecule has 2 heterocycles. The summed E-state index contributed by atoms with van der Waals surface area (Å²) >= 11 is 11.3. The largest absolute Gasteiger partial charge is 0.591 e. The number of aryl methyl sites for hydroxylation is 1. The number of hydrogen-bond donors (Lipinski definition) is 1. The molecule has 1 amide bonds. The van der Waals surface area contributed by atoms with Crippen LogP contribution in [0.5, 0.6) is 0 Å². The van der Waals surface area contributed by atoms with Crippen LogP contribution in [0.15, 0.2) is 40.8 Å². The van der Waals surface area contributed by atoms with Crippen molar-refractivity contribution in [2.45, 2.75) is 58.6 Å². The molecule has 9 nitrogen and oxygen atoms in total. The van der Waals surface area contributed by atoms with E-state index in [1.807, 2.05) is 38.7 Å². The summed E-state index contributed by atoms with van der Waals surface area (Å²) < 4.78 is 22.9. The summed E-state index contributed by atoms with van der Waals surface area (Å²) in [6.07, 6.45) is 1.99. The fourth-order valence-electron chi connectivity index (χ4n) is 5.77. The second-order valence-corrected chi connectivity index (χ2v) is 14.8. The number of piperidine rings is 1. The van der Waals surface area contributed by atoms with Crippen LogP contribution in [0.3, 0.4) is 0 Å². The van der Waals surface area contributed by atoms with Gasteiger partial charge < -0.3 is 19.9 Å². The summed E-state index contributed by atoms with van der Waals surface area (Å²) in [4.78, 5) is 36.9. The number of esters is 1. The highest BCUT2D eigenvalue weighted by Crippen LogP contribution is 2.47. The molecule has 2 N–H and O–H groups in total. The summed E-state index contributed by atoms with van der Waals surface area (Å²) in [7, 11) is 0. The van der Waals surface area contributed by atoms with E-state index in [1.54, 1.807) is 37.3 Å². The molecule has 1 aliphatic heterocycles. The van der Waals surface area contributed by atoms with Crippen LogP contribution in [0.2, 0.25) is 10.0 Å². The lowest BCUT2D eigenvalue weighted by molar-refractivity contribution is 0.0519. The van der Waals surface area contributed by atoms with Crippen molar-refractivity contribution in [2.24, 2.45) is 15.5 Å². The van der Waals surface area contributed by atoms with Crippen LogP contribution in [0.25, 0.3) is 11.3 Å². The monoisotopic (exact) mass is 655 g/mol. The van der Waals surface area contributed by atoms with Gasteiger partial charge in [-0.3, -0.25) is 4.79 Å². The van der Waals surface area contributed by atoms with Gasteiger partial charge in [-0.15, -0.1) is 0 Å². The number of amides is 1. The lowest BCUT2D eigenvalue weighted by Gasteiger charge is -2.40. The number of benzene rings is 2. The molecule has 1 atom stereocenters. The van der Waals surface area contributed by atoms with Crippen LogP contribution < -0.4 is 10.6 Å². The first-order chi connectivity index (χ1) is 20.8. The number of nitrogens with zero attached hydrogens (tertiary/aromatic N) is 4. The smallest absolute Gasteiger partial charge is 0.360 e. The Labute approximate surface area is 270 Å². The Morgan fingerprint density at radius 2 is 1.84 bits per heavy atom. The van der Waals surface area contributed by atoms with Gasteiger partial charge in [-0.25, -0.2) is 14.8 Å². The minimum atomic E-state index is -1.51. The SMILES string of the molecule is CCOC(=O)c1nc(-c2cccc(Cl)c2Cl)c(C)nc1N1CCC2(CC1)Cc1ccc(C(N)=O)cc1C2=N[S+]([O-])C(C)(C)C. The van der Waals surface area contributed by atoms with E-state index in [9.17, 15) is 14.1 Å². The Hall–Kier alpha value is -3.18. The van der Waals surface area contributed by atoms with Crippen molar-refractivity contribution < 1.29 is 18.9 Å². The maximum Gasteiger partial charge on any atom is 0.360 e. The first kappa shape index (κ1) is 32.2. The molecule has 44 heavy (non-hydrogen) atoms. The van der Waals surface area contributed by atoms with E-state index >= 15 is 0 Å². The average Bonchev–Trinajstić information content (AvgIpc) is 3.26. The Bertz CT molecular complexity index is 1670. The van der Waals surface area contributed by atoms with Crippen LogP contribution in [0, 0.1) is 12.3 Å². The quantitative estimate of drug-likeness (QED) is 0.249. The molecule has 0 saturated carbocycles. The number of hydrogen-bond acceptors (Lipinski definition) is 8. The van der Waals surface area contributed by atoms with E-state index in [2.05, 4.69) is 0 Å². The van der Waals surface area contributed by atoms with Gasteiger partial charge in [-0.05, 0) is 77.6 Å². The van der Waals surface area contributed by atoms with Gasteiger partial charge in [0.1, 0.15) is 21.8 Å². The Morgan fingerprint density at radius 3 is 2.48 bits per heavy atom. The predicted molar refractivity (Wildman–Crippen MR) is 175 cm³/mol. The second kappa shape index (κ2) is 12.3. The highest BCUT2D eigenvalue weighted by atomic mass is 35.5. The maximum atomic E-state index is 13.3. The van der Waals surface area contributed by atoms with Crippen LogP contribution in [-0.4, -0.2) is 56.6 Å². The van der Waals surface area contributed by atoms with Gasteiger partial charge in [-0.1, -0.05) is 45.8 Å². The van der Waals surface area contributed by atoms with Crippen molar-refractivity contribution in [1.82, 2.24) is 9.97 Å². The zero-order valence-corrected chi connectivity index (χ0v) is 27.7. The first-order valence-electron chi connectivity index (χ1n) is 14.4. The van der Waals surface area contributed by atoms with Gasteiger partial charge >= 0.3 is 5.97 Å². The van der Waals surface area contributed by atoms with Crippen molar-refractivity contribution in [3.63, 3.8) is 0 Å². The zero-order chi connectivity index (χ0) is 32.0. The number of halogens is 2. The predicted octanol–water partition coefficient (Wildman–Crippen LogP) is 6.13. The summed E-state index contributed by atoms with van der Waals surface area (Å²) in [6.45, 7) is 10.5. The molecule has 3 aromatic rings. The Morgan fingerprint density at radius 1 is 1.14 bits per heavy atom. The van der Waals surface area contributed by atoms with Crippen LogP contribution >= 0.6 is 23.2 Å². The molecule has 5 rings (SSSR count). The molecule has 232 valence electrons. The maximum absolute atomic E-state index is 13.3. The number of carbonyl (C=O) groups is 2. The van der Waals surface area contributed by atoms with Gasteiger partial charge in [-0.2, -0.15) is 0 Å².